The van der Waals surface area contributed by atoms with Gasteiger partial charge in [0.25, 0.3) is 0 Å². The van der Waals surface area contributed by atoms with E-state index in [4.69, 9.17) is 9.97 Å². The normalized spacial score (nSPS) is 16.8. The number of carbonyl (C=O) groups excluding carboxylic acids is 1. The number of amides is 1. The first-order chi connectivity index (χ1) is 17.2. The molecule has 2 aliphatic heterocycles. The number of piperazine rings is 1. The zero-order valence-electron chi connectivity index (χ0n) is 20.5. The number of nitrogens with zero attached hydrogens (tertiary/aromatic N) is 8. The Kier molecular flexibility index (Phi) is 6.52. The minimum atomic E-state index is -4.54. The Morgan fingerprint density at radius 1 is 1.06 bits per heavy atom. The molecule has 13 heteroatoms. The quantitative estimate of drug-likeness (QED) is 0.507. The van der Waals surface area contributed by atoms with E-state index in [9.17, 15) is 18.0 Å². The van der Waals surface area contributed by atoms with E-state index in [1.165, 1.54) is 4.88 Å². The van der Waals surface area contributed by atoms with Crippen molar-refractivity contribution in [2.75, 3.05) is 42.5 Å². The number of fused-ring (bicyclic) bond motifs is 2. The van der Waals surface area contributed by atoms with Gasteiger partial charge < -0.3 is 19.3 Å². The van der Waals surface area contributed by atoms with Gasteiger partial charge in [0.1, 0.15) is 10.6 Å². The average molecular weight is 523 g/mol. The molecule has 5 heterocycles. The van der Waals surface area contributed by atoms with Crippen LogP contribution in [0.15, 0.2) is 6.07 Å². The van der Waals surface area contributed by atoms with Crippen LogP contribution in [0.4, 0.5) is 24.9 Å². The Bertz CT molecular complexity index is 1260. The molecule has 0 aliphatic carbocycles. The van der Waals surface area contributed by atoms with Crippen molar-refractivity contribution in [1.82, 2.24) is 29.6 Å². The fourth-order valence-corrected chi connectivity index (χ4v) is 5.86. The Morgan fingerprint density at radius 2 is 1.78 bits per heavy atom. The van der Waals surface area contributed by atoms with Crippen molar-refractivity contribution in [2.45, 2.75) is 52.9 Å². The summed E-state index contributed by atoms with van der Waals surface area (Å²) in [6, 6.07) is 2.10. The third-order valence-electron chi connectivity index (χ3n) is 6.58. The summed E-state index contributed by atoms with van der Waals surface area (Å²) >= 11 is 1.63. The molecule has 0 unspecified atom stereocenters. The molecule has 0 saturated carbocycles. The fourth-order valence-electron chi connectivity index (χ4n) is 4.74. The topological polar surface area (TPSA) is 83.3 Å². The highest BCUT2D eigenvalue weighted by molar-refractivity contribution is 7.18. The van der Waals surface area contributed by atoms with Gasteiger partial charge in [-0.15, -0.1) is 21.5 Å². The first kappa shape index (κ1) is 24.7. The summed E-state index contributed by atoms with van der Waals surface area (Å²) in [5, 5.41) is 8.14. The molecule has 0 aromatic carbocycles. The van der Waals surface area contributed by atoms with Gasteiger partial charge in [0.05, 0.1) is 11.9 Å². The molecule has 2 aliphatic rings. The molecule has 1 saturated heterocycles. The predicted molar refractivity (Wildman–Crippen MR) is 131 cm³/mol. The molecule has 5 rings (SSSR count). The summed E-state index contributed by atoms with van der Waals surface area (Å²) in [5.74, 6) is 0.703. The van der Waals surface area contributed by atoms with Gasteiger partial charge in [-0.05, 0) is 12.5 Å². The van der Waals surface area contributed by atoms with Gasteiger partial charge in [0.2, 0.25) is 17.7 Å². The minimum absolute atomic E-state index is 0.0436. The first-order valence-electron chi connectivity index (χ1n) is 12.2. The molecule has 36 heavy (non-hydrogen) atoms. The number of aryl methyl sites for hydroxylation is 1. The van der Waals surface area contributed by atoms with Crippen LogP contribution in [-0.4, -0.2) is 68.3 Å². The largest absolute Gasteiger partial charge is 0.451 e. The van der Waals surface area contributed by atoms with Crippen LogP contribution < -0.4 is 9.80 Å². The number of rotatable bonds is 5. The number of hydrogen-bond acceptors (Lipinski definition) is 8. The summed E-state index contributed by atoms with van der Waals surface area (Å²) in [6.07, 6.45) is -2.61. The van der Waals surface area contributed by atoms with E-state index in [1.54, 1.807) is 11.3 Å². The van der Waals surface area contributed by atoms with Crippen molar-refractivity contribution in [3.63, 3.8) is 0 Å². The van der Waals surface area contributed by atoms with Crippen LogP contribution in [0.25, 0.3) is 10.2 Å². The predicted octanol–water partition coefficient (Wildman–Crippen LogP) is 3.58. The molecule has 1 fully saturated rings. The molecule has 0 spiro atoms. The van der Waals surface area contributed by atoms with E-state index in [-0.39, 0.29) is 30.7 Å². The van der Waals surface area contributed by atoms with E-state index in [1.807, 2.05) is 23.6 Å². The van der Waals surface area contributed by atoms with E-state index in [2.05, 4.69) is 28.1 Å². The van der Waals surface area contributed by atoms with Gasteiger partial charge in [-0.25, -0.2) is 4.98 Å². The summed E-state index contributed by atoms with van der Waals surface area (Å²) in [7, 11) is 0. The van der Waals surface area contributed by atoms with E-state index in [0.29, 0.717) is 44.5 Å². The summed E-state index contributed by atoms with van der Waals surface area (Å²) < 4.78 is 41.1. The molecular formula is C23H29F3N8OS. The van der Waals surface area contributed by atoms with Crippen molar-refractivity contribution in [2.24, 2.45) is 5.92 Å². The molecule has 0 bridgehead atoms. The van der Waals surface area contributed by atoms with E-state index >= 15 is 0 Å². The zero-order chi connectivity index (χ0) is 25.6. The molecule has 1 amide bonds. The molecule has 194 valence electrons. The van der Waals surface area contributed by atoms with Crippen LogP contribution in [0.1, 0.15) is 43.7 Å². The van der Waals surface area contributed by atoms with Crippen molar-refractivity contribution in [3.8, 4) is 0 Å². The van der Waals surface area contributed by atoms with Gasteiger partial charge in [-0.2, -0.15) is 18.2 Å². The third kappa shape index (κ3) is 4.60. The Morgan fingerprint density at radius 3 is 2.44 bits per heavy atom. The van der Waals surface area contributed by atoms with Crippen LogP contribution in [-0.2, 0) is 30.5 Å². The molecule has 9 nitrogen and oxygen atoms in total. The third-order valence-corrected chi connectivity index (χ3v) is 7.67. The minimum Gasteiger partial charge on any atom is -0.347 e. The highest BCUT2D eigenvalue weighted by atomic mass is 32.1. The van der Waals surface area contributed by atoms with Gasteiger partial charge in [0.15, 0.2) is 5.82 Å². The Labute approximate surface area is 210 Å². The lowest BCUT2D eigenvalue weighted by Crippen LogP contribution is -2.50. The van der Waals surface area contributed by atoms with E-state index in [0.717, 1.165) is 27.6 Å². The van der Waals surface area contributed by atoms with Crippen LogP contribution >= 0.6 is 11.3 Å². The van der Waals surface area contributed by atoms with Crippen molar-refractivity contribution < 1.29 is 18.0 Å². The number of hydrogen-bond donors (Lipinski definition) is 0. The SMILES string of the molecule is CCCc1cc2c(N3CCn4c(nnc4C(F)(F)F)C3)nc(N3CCN(C(=O)C(C)C)CC3)nc2s1. The highest BCUT2D eigenvalue weighted by Crippen LogP contribution is 2.36. The average Bonchev–Trinajstić information content (AvgIpc) is 3.46. The number of aromatic nitrogens is 5. The molecule has 3 aromatic rings. The fraction of sp³-hybridized carbons (Fsp3) is 0.609. The first-order valence-corrected chi connectivity index (χ1v) is 13.1. The van der Waals surface area contributed by atoms with Crippen molar-refractivity contribution in [3.05, 3.63) is 22.6 Å². The highest BCUT2D eigenvalue weighted by Gasteiger charge is 2.40. The molecule has 0 atom stereocenters. The van der Waals surface area contributed by atoms with E-state index < -0.39 is 12.0 Å². The second-order valence-corrected chi connectivity index (χ2v) is 10.6. The molecule has 0 N–H and O–H groups in total. The lowest BCUT2D eigenvalue weighted by Gasteiger charge is -2.36. The Balaban J connectivity index is 1.46. The standard InChI is InChI=1S/C23H29F3N8OS/c1-4-5-15-12-16-18(33-10-11-34-17(13-33)29-30-21(34)23(24,25)26)27-22(28-19(16)36-15)32-8-6-31(7-9-32)20(35)14(2)3/h12,14H,4-11,13H2,1-3H3. The number of carbonyl (C=O) groups is 1. The molecule has 3 aromatic heterocycles. The number of anilines is 2. The smallest absolute Gasteiger partial charge is 0.347 e. The number of alkyl halides is 3. The second kappa shape index (κ2) is 9.49. The maximum atomic E-state index is 13.3. The van der Waals surface area contributed by atoms with Crippen LogP contribution in [0, 0.1) is 5.92 Å². The second-order valence-electron chi connectivity index (χ2n) is 9.51. The number of halogens is 3. The molecule has 0 radical (unpaired) electrons. The van der Waals surface area contributed by atoms with Gasteiger partial charge in [-0.1, -0.05) is 27.2 Å². The van der Waals surface area contributed by atoms with Crippen molar-refractivity contribution in [1.29, 1.82) is 0 Å². The monoisotopic (exact) mass is 522 g/mol. The summed E-state index contributed by atoms with van der Waals surface area (Å²) in [5.41, 5.74) is 0. The maximum Gasteiger partial charge on any atom is 0.451 e. The van der Waals surface area contributed by atoms with Gasteiger partial charge in [0, 0.05) is 50.1 Å². The Hall–Kier alpha value is -2.96. The lowest BCUT2D eigenvalue weighted by molar-refractivity contribution is -0.147. The van der Waals surface area contributed by atoms with Gasteiger partial charge >= 0.3 is 6.18 Å². The van der Waals surface area contributed by atoms with Crippen LogP contribution in [0.3, 0.4) is 0 Å². The van der Waals surface area contributed by atoms with Crippen LogP contribution in [0.5, 0.6) is 0 Å². The van der Waals surface area contributed by atoms with Crippen LogP contribution in [0.2, 0.25) is 0 Å². The zero-order valence-corrected chi connectivity index (χ0v) is 21.4. The summed E-state index contributed by atoms with van der Waals surface area (Å²) in [6.45, 7) is 9.05. The molecular weight excluding hydrogens is 493 g/mol. The summed E-state index contributed by atoms with van der Waals surface area (Å²) in [4.78, 5) is 30.2. The van der Waals surface area contributed by atoms with Gasteiger partial charge in [-0.3, -0.25) is 4.79 Å². The maximum absolute atomic E-state index is 13.3. The number of thiophene rings is 1. The van der Waals surface area contributed by atoms with Crippen molar-refractivity contribution >= 4 is 39.2 Å². The lowest BCUT2D eigenvalue weighted by atomic mass is 10.1.